The normalized spacial score (nSPS) is 25.1. The van der Waals surface area contributed by atoms with Crippen molar-refractivity contribution in [2.45, 2.75) is 32.2 Å². The van der Waals surface area contributed by atoms with Crippen LogP contribution in [0.2, 0.25) is 0 Å². The number of rotatable bonds is 2. The van der Waals surface area contributed by atoms with E-state index in [1.807, 2.05) is 18.5 Å². The SMILES string of the molecule is CC1CCCC1Nc1cccc2nccn12. The summed E-state index contributed by atoms with van der Waals surface area (Å²) in [5.41, 5.74) is 1.01. The summed E-state index contributed by atoms with van der Waals surface area (Å²) in [5.74, 6) is 1.94. The van der Waals surface area contributed by atoms with Crippen molar-refractivity contribution in [3.8, 4) is 0 Å². The summed E-state index contributed by atoms with van der Waals surface area (Å²) >= 11 is 0. The first-order valence-corrected chi connectivity index (χ1v) is 6.03. The molecule has 1 aliphatic rings. The van der Waals surface area contributed by atoms with E-state index in [1.165, 1.54) is 19.3 Å². The number of hydrogen-bond acceptors (Lipinski definition) is 2. The molecule has 2 unspecified atom stereocenters. The zero-order valence-electron chi connectivity index (χ0n) is 9.56. The van der Waals surface area contributed by atoms with E-state index < -0.39 is 0 Å². The molecule has 2 aromatic rings. The van der Waals surface area contributed by atoms with Gasteiger partial charge in [0.25, 0.3) is 0 Å². The molecule has 0 saturated heterocycles. The number of nitrogens with one attached hydrogen (secondary N) is 1. The fourth-order valence-corrected chi connectivity index (χ4v) is 2.62. The monoisotopic (exact) mass is 215 g/mol. The first kappa shape index (κ1) is 9.70. The smallest absolute Gasteiger partial charge is 0.138 e. The topological polar surface area (TPSA) is 29.3 Å². The van der Waals surface area contributed by atoms with Crippen molar-refractivity contribution in [2.75, 3.05) is 5.32 Å². The number of fused-ring (bicyclic) bond motifs is 1. The Kier molecular flexibility index (Phi) is 2.31. The third kappa shape index (κ3) is 1.56. The molecule has 1 fully saturated rings. The Hall–Kier alpha value is -1.51. The van der Waals surface area contributed by atoms with Crippen LogP contribution in [0.3, 0.4) is 0 Å². The van der Waals surface area contributed by atoms with Crippen LogP contribution in [0.1, 0.15) is 26.2 Å². The Morgan fingerprint density at radius 1 is 1.38 bits per heavy atom. The maximum Gasteiger partial charge on any atom is 0.138 e. The Balaban J connectivity index is 1.91. The zero-order valence-corrected chi connectivity index (χ0v) is 9.56. The third-order valence-corrected chi connectivity index (χ3v) is 3.62. The Morgan fingerprint density at radius 2 is 2.31 bits per heavy atom. The summed E-state index contributed by atoms with van der Waals surface area (Å²) in [6.07, 6.45) is 7.83. The van der Waals surface area contributed by atoms with Crippen molar-refractivity contribution in [2.24, 2.45) is 5.92 Å². The number of hydrogen-bond donors (Lipinski definition) is 1. The second-order valence-electron chi connectivity index (χ2n) is 4.73. The largest absolute Gasteiger partial charge is 0.368 e. The molecule has 0 spiro atoms. The third-order valence-electron chi connectivity index (χ3n) is 3.62. The summed E-state index contributed by atoms with van der Waals surface area (Å²) in [7, 11) is 0. The fraction of sp³-hybridized carbons (Fsp3) is 0.462. The first-order chi connectivity index (χ1) is 7.84. The summed E-state index contributed by atoms with van der Waals surface area (Å²) in [6.45, 7) is 2.33. The molecular formula is C13H17N3. The highest BCUT2D eigenvalue weighted by atomic mass is 15.1. The van der Waals surface area contributed by atoms with Gasteiger partial charge in [-0.05, 0) is 30.9 Å². The molecule has 0 radical (unpaired) electrons. The van der Waals surface area contributed by atoms with Crippen LogP contribution in [-0.4, -0.2) is 15.4 Å². The summed E-state index contributed by atoms with van der Waals surface area (Å²) in [4.78, 5) is 4.30. The van der Waals surface area contributed by atoms with Gasteiger partial charge in [0.2, 0.25) is 0 Å². The quantitative estimate of drug-likeness (QED) is 0.834. The lowest BCUT2D eigenvalue weighted by Gasteiger charge is -2.19. The van der Waals surface area contributed by atoms with Crippen LogP contribution < -0.4 is 5.32 Å². The molecule has 0 bridgehead atoms. The summed E-state index contributed by atoms with van der Waals surface area (Å²) in [5, 5.41) is 3.64. The maximum atomic E-state index is 4.30. The van der Waals surface area contributed by atoms with Crippen LogP contribution in [0.4, 0.5) is 5.82 Å². The van der Waals surface area contributed by atoms with Gasteiger partial charge in [-0.15, -0.1) is 0 Å². The summed E-state index contributed by atoms with van der Waals surface area (Å²) in [6, 6.07) is 6.83. The van der Waals surface area contributed by atoms with Crippen molar-refractivity contribution >= 4 is 11.5 Å². The first-order valence-electron chi connectivity index (χ1n) is 6.03. The van der Waals surface area contributed by atoms with Crippen molar-refractivity contribution in [3.63, 3.8) is 0 Å². The molecule has 1 aliphatic carbocycles. The molecule has 0 aromatic carbocycles. The van der Waals surface area contributed by atoms with Gasteiger partial charge in [0.15, 0.2) is 0 Å². The molecule has 0 aliphatic heterocycles. The van der Waals surface area contributed by atoms with E-state index in [2.05, 4.69) is 33.8 Å². The molecule has 16 heavy (non-hydrogen) atoms. The lowest BCUT2D eigenvalue weighted by Crippen LogP contribution is -2.23. The van der Waals surface area contributed by atoms with Crippen LogP contribution >= 0.6 is 0 Å². The molecule has 1 saturated carbocycles. The van der Waals surface area contributed by atoms with E-state index >= 15 is 0 Å². The molecule has 3 nitrogen and oxygen atoms in total. The van der Waals surface area contributed by atoms with Crippen LogP contribution in [-0.2, 0) is 0 Å². The second-order valence-corrected chi connectivity index (χ2v) is 4.73. The van der Waals surface area contributed by atoms with Crippen LogP contribution in [0.25, 0.3) is 5.65 Å². The van der Waals surface area contributed by atoms with Crippen molar-refractivity contribution in [1.82, 2.24) is 9.38 Å². The molecule has 84 valence electrons. The summed E-state index contributed by atoms with van der Waals surface area (Å²) < 4.78 is 2.12. The van der Waals surface area contributed by atoms with Crippen molar-refractivity contribution in [1.29, 1.82) is 0 Å². The van der Waals surface area contributed by atoms with Gasteiger partial charge in [-0.2, -0.15) is 0 Å². The highest BCUT2D eigenvalue weighted by Crippen LogP contribution is 2.28. The van der Waals surface area contributed by atoms with Crippen molar-refractivity contribution in [3.05, 3.63) is 30.6 Å². The molecule has 3 rings (SSSR count). The van der Waals surface area contributed by atoms with E-state index in [1.54, 1.807) is 0 Å². The van der Waals surface area contributed by atoms with E-state index in [4.69, 9.17) is 0 Å². The van der Waals surface area contributed by atoms with E-state index in [0.29, 0.717) is 6.04 Å². The molecule has 3 heteroatoms. The molecular weight excluding hydrogens is 198 g/mol. The van der Waals surface area contributed by atoms with Gasteiger partial charge in [-0.3, -0.25) is 4.40 Å². The van der Waals surface area contributed by atoms with Gasteiger partial charge in [0, 0.05) is 18.4 Å². The van der Waals surface area contributed by atoms with E-state index in [9.17, 15) is 0 Å². The minimum Gasteiger partial charge on any atom is -0.368 e. The van der Waals surface area contributed by atoms with Gasteiger partial charge in [-0.1, -0.05) is 19.4 Å². The average molecular weight is 215 g/mol. The van der Waals surface area contributed by atoms with Gasteiger partial charge in [0.1, 0.15) is 11.5 Å². The zero-order chi connectivity index (χ0) is 11.0. The number of aromatic nitrogens is 2. The molecule has 1 N–H and O–H groups in total. The minimum absolute atomic E-state index is 0.619. The molecule has 2 atom stereocenters. The average Bonchev–Trinajstić information content (AvgIpc) is 2.89. The lowest BCUT2D eigenvalue weighted by molar-refractivity contribution is 0.554. The lowest BCUT2D eigenvalue weighted by atomic mass is 10.1. The van der Waals surface area contributed by atoms with Gasteiger partial charge in [-0.25, -0.2) is 4.98 Å². The standard InChI is InChI=1S/C13H17N3/c1-10-4-2-5-11(10)15-13-7-3-6-12-14-8-9-16(12)13/h3,6-11,15H,2,4-5H2,1H3. The number of nitrogens with zero attached hydrogens (tertiary/aromatic N) is 2. The molecule has 0 amide bonds. The fourth-order valence-electron chi connectivity index (χ4n) is 2.62. The Bertz CT molecular complexity index is 489. The highest BCUT2D eigenvalue weighted by molar-refractivity contribution is 5.50. The van der Waals surface area contributed by atoms with Crippen LogP contribution in [0.15, 0.2) is 30.6 Å². The Morgan fingerprint density at radius 3 is 3.12 bits per heavy atom. The Labute approximate surface area is 95.5 Å². The molecule has 2 heterocycles. The van der Waals surface area contributed by atoms with Crippen molar-refractivity contribution < 1.29 is 0 Å². The number of anilines is 1. The number of pyridine rings is 1. The van der Waals surface area contributed by atoms with E-state index in [0.717, 1.165) is 17.4 Å². The second kappa shape index (κ2) is 3.81. The predicted molar refractivity (Wildman–Crippen MR) is 65.6 cm³/mol. The molecule has 2 aromatic heterocycles. The van der Waals surface area contributed by atoms with Gasteiger partial charge < -0.3 is 5.32 Å². The van der Waals surface area contributed by atoms with Crippen LogP contribution in [0, 0.1) is 5.92 Å². The van der Waals surface area contributed by atoms with Gasteiger partial charge >= 0.3 is 0 Å². The van der Waals surface area contributed by atoms with Gasteiger partial charge in [0.05, 0.1) is 0 Å². The minimum atomic E-state index is 0.619. The van der Waals surface area contributed by atoms with E-state index in [-0.39, 0.29) is 0 Å². The maximum absolute atomic E-state index is 4.30. The highest BCUT2D eigenvalue weighted by Gasteiger charge is 2.23. The number of imidazole rings is 1. The predicted octanol–water partition coefficient (Wildman–Crippen LogP) is 2.93. The van der Waals surface area contributed by atoms with Crippen LogP contribution in [0.5, 0.6) is 0 Å².